The van der Waals surface area contributed by atoms with Crippen LogP contribution >= 0.6 is 0 Å². The molecule has 0 radical (unpaired) electrons. The van der Waals surface area contributed by atoms with Gasteiger partial charge in [-0.1, -0.05) is 6.07 Å². The van der Waals surface area contributed by atoms with E-state index in [1.165, 1.54) is 18.2 Å². The smallest absolute Gasteiger partial charge is 0.416 e. The summed E-state index contributed by atoms with van der Waals surface area (Å²) in [5.41, 5.74) is -0.769. The van der Waals surface area contributed by atoms with Crippen molar-refractivity contribution in [1.29, 1.82) is 0 Å². The average Bonchev–Trinajstić information content (AvgIpc) is 2.37. The highest BCUT2D eigenvalue weighted by Gasteiger charge is 2.29. The molecule has 0 bridgehead atoms. The number of halogens is 3. The molecular formula is C13H9F3N2O2. The van der Waals surface area contributed by atoms with Crippen molar-refractivity contribution in [3.05, 3.63) is 48.0 Å². The first-order valence-corrected chi connectivity index (χ1v) is 5.48. The highest BCUT2D eigenvalue weighted by atomic mass is 19.4. The van der Waals surface area contributed by atoms with Gasteiger partial charge >= 0.3 is 6.18 Å². The van der Waals surface area contributed by atoms with Crippen LogP contribution in [-0.2, 0) is 6.18 Å². The number of rotatable bonds is 2. The number of nitrogens with zero attached hydrogens (tertiary/aromatic N) is 2. The molecule has 0 aliphatic rings. The summed E-state index contributed by atoms with van der Waals surface area (Å²) in [5, 5.41) is 26.2. The summed E-state index contributed by atoms with van der Waals surface area (Å²) in [6.45, 7) is 0. The fraction of sp³-hybridized carbons (Fsp3) is 0.0769. The van der Waals surface area contributed by atoms with Gasteiger partial charge in [-0.25, -0.2) is 0 Å². The minimum absolute atomic E-state index is 0.146. The van der Waals surface area contributed by atoms with Crippen molar-refractivity contribution in [2.24, 2.45) is 10.2 Å². The minimum Gasteiger partial charge on any atom is -0.505 e. The van der Waals surface area contributed by atoms with Crippen molar-refractivity contribution >= 4 is 11.4 Å². The third kappa shape index (κ3) is 3.05. The molecule has 0 heterocycles. The summed E-state index contributed by atoms with van der Waals surface area (Å²) in [7, 11) is 0. The predicted molar refractivity (Wildman–Crippen MR) is 65.4 cm³/mol. The van der Waals surface area contributed by atoms with E-state index in [0.29, 0.717) is 0 Å². The van der Waals surface area contributed by atoms with Gasteiger partial charge in [-0.3, -0.25) is 0 Å². The zero-order chi connectivity index (χ0) is 14.8. The van der Waals surface area contributed by atoms with Gasteiger partial charge in [0, 0.05) is 0 Å². The highest BCUT2D eigenvalue weighted by molar-refractivity contribution is 5.60. The fourth-order valence-corrected chi connectivity index (χ4v) is 1.45. The lowest BCUT2D eigenvalue weighted by molar-refractivity contribution is -0.137. The summed E-state index contributed by atoms with van der Waals surface area (Å²) in [5.74, 6) is -0.554. The molecule has 2 N–H and O–H groups in total. The third-order valence-corrected chi connectivity index (χ3v) is 2.45. The Morgan fingerprint density at radius 3 is 1.85 bits per heavy atom. The zero-order valence-corrected chi connectivity index (χ0v) is 9.96. The molecule has 0 aliphatic heterocycles. The van der Waals surface area contributed by atoms with Crippen molar-refractivity contribution in [1.82, 2.24) is 0 Å². The van der Waals surface area contributed by atoms with Crippen LogP contribution in [0.3, 0.4) is 0 Å². The Hall–Kier alpha value is -2.57. The molecule has 0 unspecified atom stereocenters. The molecule has 2 rings (SSSR count). The molecule has 0 saturated heterocycles. The predicted octanol–water partition coefficient (Wildman–Crippen LogP) is 4.53. The largest absolute Gasteiger partial charge is 0.505 e. The van der Waals surface area contributed by atoms with E-state index in [1.54, 1.807) is 0 Å². The van der Waals surface area contributed by atoms with Gasteiger partial charge in [0.25, 0.3) is 0 Å². The second-order valence-corrected chi connectivity index (χ2v) is 3.89. The van der Waals surface area contributed by atoms with Gasteiger partial charge in [0.1, 0.15) is 11.5 Å². The molecule has 2 aromatic carbocycles. The lowest BCUT2D eigenvalue weighted by atomic mass is 10.2. The van der Waals surface area contributed by atoms with Crippen LogP contribution < -0.4 is 0 Å². The normalized spacial score (nSPS) is 11.9. The number of alkyl halides is 3. The molecule has 20 heavy (non-hydrogen) atoms. The quantitative estimate of drug-likeness (QED) is 0.794. The number of benzene rings is 2. The maximum Gasteiger partial charge on any atom is 0.416 e. The number of aromatic hydroxyl groups is 2. The van der Waals surface area contributed by atoms with Crippen LogP contribution in [0.25, 0.3) is 0 Å². The molecule has 0 aliphatic carbocycles. The van der Waals surface area contributed by atoms with Crippen LogP contribution in [0.15, 0.2) is 52.7 Å². The summed E-state index contributed by atoms with van der Waals surface area (Å²) in [6, 6.07) is 8.06. The first-order valence-electron chi connectivity index (χ1n) is 5.48. The molecule has 0 atom stereocenters. The number of azo groups is 1. The van der Waals surface area contributed by atoms with Gasteiger partial charge < -0.3 is 10.2 Å². The van der Waals surface area contributed by atoms with Crippen LogP contribution in [-0.4, -0.2) is 10.2 Å². The van der Waals surface area contributed by atoms with Crippen LogP contribution in [0.1, 0.15) is 5.56 Å². The summed E-state index contributed by atoms with van der Waals surface area (Å²) in [6.07, 6.45) is -4.41. The number of hydrogen-bond donors (Lipinski definition) is 2. The molecule has 0 spiro atoms. The SMILES string of the molecule is Oc1cccc(O)c1N=Nc1ccc(C(F)(F)F)cc1. The van der Waals surface area contributed by atoms with E-state index in [9.17, 15) is 23.4 Å². The summed E-state index contributed by atoms with van der Waals surface area (Å²) < 4.78 is 37.1. The monoisotopic (exact) mass is 282 g/mol. The molecule has 104 valence electrons. The van der Waals surface area contributed by atoms with Crippen molar-refractivity contribution in [2.75, 3.05) is 0 Å². The molecule has 2 aromatic rings. The first kappa shape index (κ1) is 13.9. The fourth-order valence-electron chi connectivity index (χ4n) is 1.45. The Bertz CT molecular complexity index is 617. The topological polar surface area (TPSA) is 65.2 Å². The molecule has 7 heteroatoms. The average molecular weight is 282 g/mol. The Balaban J connectivity index is 2.24. The van der Waals surface area contributed by atoms with Crippen LogP contribution in [0.4, 0.5) is 24.5 Å². The van der Waals surface area contributed by atoms with Gasteiger partial charge in [0.2, 0.25) is 0 Å². The van der Waals surface area contributed by atoms with E-state index in [0.717, 1.165) is 24.3 Å². The van der Waals surface area contributed by atoms with E-state index >= 15 is 0 Å². The second kappa shape index (κ2) is 5.20. The van der Waals surface area contributed by atoms with Crippen LogP contribution in [0.2, 0.25) is 0 Å². The Morgan fingerprint density at radius 2 is 1.35 bits per heavy atom. The van der Waals surface area contributed by atoms with E-state index in [4.69, 9.17) is 0 Å². The second-order valence-electron chi connectivity index (χ2n) is 3.89. The van der Waals surface area contributed by atoms with E-state index in [2.05, 4.69) is 10.2 Å². The molecule has 0 amide bonds. The maximum atomic E-state index is 12.4. The van der Waals surface area contributed by atoms with Crippen molar-refractivity contribution in [3.63, 3.8) is 0 Å². The first-order chi connectivity index (χ1) is 9.38. The molecule has 4 nitrogen and oxygen atoms in total. The van der Waals surface area contributed by atoms with Crippen LogP contribution in [0, 0.1) is 0 Å². The van der Waals surface area contributed by atoms with E-state index < -0.39 is 11.7 Å². The summed E-state index contributed by atoms with van der Waals surface area (Å²) >= 11 is 0. The van der Waals surface area contributed by atoms with Gasteiger partial charge in [-0.15, -0.1) is 5.11 Å². The maximum absolute atomic E-state index is 12.4. The van der Waals surface area contributed by atoms with Gasteiger partial charge in [0.05, 0.1) is 11.3 Å². The molecule has 0 aromatic heterocycles. The van der Waals surface area contributed by atoms with Gasteiger partial charge in [0.15, 0.2) is 5.69 Å². The lowest BCUT2D eigenvalue weighted by Gasteiger charge is -2.05. The molecule has 0 fully saturated rings. The van der Waals surface area contributed by atoms with Crippen molar-refractivity contribution < 1.29 is 23.4 Å². The Morgan fingerprint density at radius 1 is 0.800 bits per heavy atom. The highest BCUT2D eigenvalue weighted by Crippen LogP contribution is 2.36. The molecular weight excluding hydrogens is 273 g/mol. The van der Waals surface area contributed by atoms with Crippen LogP contribution in [0.5, 0.6) is 11.5 Å². The standard InChI is InChI=1S/C13H9F3N2O2/c14-13(15,16)8-4-6-9(7-5-8)17-18-12-10(19)2-1-3-11(12)20/h1-7,19-20H. The Labute approximate surface area is 111 Å². The molecule has 0 saturated carbocycles. The van der Waals surface area contributed by atoms with Crippen molar-refractivity contribution in [3.8, 4) is 11.5 Å². The van der Waals surface area contributed by atoms with E-state index in [1.807, 2.05) is 0 Å². The zero-order valence-electron chi connectivity index (χ0n) is 9.96. The van der Waals surface area contributed by atoms with E-state index in [-0.39, 0.29) is 22.9 Å². The van der Waals surface area contributed by atoms with Crippen molar-refractivity contribution in [2.45, 2.75) is 6.18 Å². The third-order valence-electron chi connectivity index (χ3n) is 2.45. The summed E-state index contributed by atoms with van der Waals surface area (Å²) in [4.78, 5) is 0. The number of phenolic OH excluding ortho intramolecular Hbond substituents is 2. The lowest BCUT2D eigenvalue weighted by Crippen LogP contribution is -2.03. The van der Waals surface area contributed by atoms with Gasteiger partial charge in [-0.05, 0) is 36.4 Å². The minimum atomic E-state index is -4.41. The Kier molecular flexibility index (Phi) is 3.60. The number of hydrogen-bond acceptors (Lipinski definition) is 4. The van der Waals surface area contributed by atoms with Gasteiger partial charge in [-0.2, -0.15) is 18.3 Å². The number of phenols is 2.